The van der Waals surface area contributed by atoms with Gasteiger partial charge >= 0.3 is 0 Å². The lowest BCUT2D eigenvalue weighted by Gasteiger charge is -2.34. The van der Waals surface area contributed by atoms with Gasteiger partial charge in [-0.1, -0.05) is 12.1 Å². The Morgan fingerprint density at radius 3 is 2.72 bits per heavy atom. The number of anilines is 1. The number of benzene rings is 1. The van der Waals surface area contributed by atoms with E-state index >= 15 is 0 Å². The predicted octanol–water partition coefficient (Wildman–Crippen LogP) is 2.57. The minimum absolute atomic E-state index is 0.113. The fourth-order valence-corrected chi connectivity index (χ4v) is 2.66. The number of methoxy groups -OCH3 is 1. The van der Waals surface area contributed by atoms with E-state index in [4.69, 9.17) is 10.5 Å². The summed E-state index contributed by atoms with van der Waals surface area (Å²) in [4.78, 5) is 2.46. The van der Waals surface area contributed by atoms with Crippen LogP contribution in [0.25, 0.3) is 0 Å². The Morgan fingerprint density at radius 2 is 2.11 bits per heavy atom. The van der Waals surface area contributed by atoms with Crippen LogP contribution in [0.2, 0.25) is 0 Å². The second-order valence-electron chi connectivity index (χ2n) is 5.29. The fraction of sp³-hybridized carbons (Fsp3) is 0.600. The first-order chi connectivity index (χ1) is 8.70. The average molecular weight is 248 g/mol. The number of nitrogens with two attached hydrogens (primary N) is 1. The Morgan fingerprint density at radius 1 is 1.39 bits per heavy atom. The van der Waals surface area contributed by atoms with Crippen LogP contribution in [-0.4, -0.2) is 26.8 Å². The van der Waals surface area contributed by atoms with Gasteiger partial charge in [0.05, 0.1) is 6.61 Å². The second-order valence-corrected chi connectivity index (χ2v) is 5.29. The summed E-state index contributed by atoms with van der Waals surface area (Å²) < 4.78 is 5.27. The van der Waals surface area contributed by atoms with Gasteiger partial charge in [-0.15, -0.1) is 0 Å². The van der Waals surface area contributed by atoms with Gasteiger partial charge in [-0.05, 0) is 43.4 Å². The average Bonchev–Trinajstić information content (AvgIpc) is 2.39. The Kier molecular flexibility index (Phi) is 4.61. The largest absolute Gasteiger partial charge is 0.384 e. The maximum atomic E-state index is 5.87. The maximum absolute atomic E-state index is 5.87. The molecule has 0 spiro atoms. The van der Waals surface area contributed by atoms with Crippen molar-refractivity contribution in [2.24, 2.45) is 11.7 Å². The molecule has 100 valence electrons. The van der Waals surface area contributed by atoms with Crippen LogP contribution in [0.1, 0.15) is 31.4 Å². The Hall–Kier alpha value is -1.06. The van der Waals surface area contributed by atoms with Crippen LogP contribution < -0.4 is 10.6 Å². The van der Waals surface area contributed by atoms with Crippen LogP contribution in [0.4, 0.5) is 5.69 Å². The Bertz CT molecular complexity index is 359. The third-order valence-corrected chi connectivity index (χ3v) is 3.71. The Balaban J connectivity index is 2.02. The molecule has 1 fully saturated rings. The molecule has 0 radical (unpaired) electrons. The monoisotopic (exact) mass is 248 g/mol. The number of nitrogens with zero attached hydrogens (tertiary/aromatic N) is 1. The summed E-state index contributed by atoms with van der Waals surface area (Å²) in [6.07, 6.45) is 2.53. The van der Waals surface area contributed by atoms with Crippen LogP contribution in [-0.2, 0) is 4.74 Å². The molecule has 2 N–H and O–H groups in total. The first kappa shape index (κ1) is 13.4. The molecule has 3 heteroatoms. The van der Waals surface area contributed by atoms with Gasteiger partial charge in [-0.3, -0.25) is 0 Å². The van der Waals surface area contributed by atoms with Gasteiger partial charge in [0.1, 0.15) is 0 Å². The summed E-state index contributed by atoms with van der Waals surface area (Å²) in [5, 5.41) is 0. The molecule has 2 rings (SSSR count). The first-order valence-corrected chi connectivity index (χ1v) is 6.80. The van der Waals surface area contributed by atoms with E-state index < -0.39 is 0 Å². The van der Waals surface area contributed by atoms with Gasteiger partial charge < -0.3 is 15.4 Å². The van der Waals surface area contributed by atoms with E-state index in [0.717, 1.165) is 19.7 Å². The lowest BCUT2D eigenvalue weighted by molar-refractivity contribution is 0.143. The fourth-order valence-electron chi connectivity index (χ4n) is 2.66. The van der Waals surface area contributed by atoms with E-state index in [0.29, 0.717) is 5.92 Å². The van der Waals surface area contributed by atoms with E-state index in [1.54, 1.807) is 7.11 Å². The van der Waals surface area contributed by atoms with Crippen LogP contribution in [0.5, 0.6) is 0 Å². The zero-order chi connectivity index (χ0) is 13.0. The highest BCUT2D eigenvalue weighted by Crippen LogP contribution is 2.24. The molecule has 1 saturated heterocycles. The van der Waals surface area contributed by atoms with E-state index in [-0.39, 0.29) is 6.04 Å². The van der Waals surface area contributed by atoms with Crippen molar-refractivity contribution in [3.8, 4) is 0 Å². The van der Waals surface area contributed by atoms with Crippen molar-refractivity contribution in [1.82, 2.24) is 0 Å². The van der Waals surface area contributed by atoms with Gasteiger partial charge in [-0.2, -0.15) is 0 Å². The third-order valence-electron chi connectivity index (χ3n) is 3.71. The normalized spacial score (nSPS) is 21.9. The van der Waals surface area contributed by atoms with Crippen molar-refractivity contribution in [3.05, 3.63) is 29.8 Å². The zero-order valence-corrected chi connectivity index (χ0v) is 11.4. The molecular weight excluding hydrogens is 224 g/mol. The number of hydrogen-bond donors (Lipinski definition) is 1. The van der Waals surface area contributed by atoms with Crippen molar-refractivity contribution in [1.29, 1.82) is 0 Å². The van der Waals surface area contributed by atoms with Gasteiger partial charge in [0.15, 0.2) is 0 Å². The summed E-state index contributed by atoms with van der Waals surface area (Å²) >= 11 is 0. The van der Waals surface area contributed by atoms with Crippen LogP contribution in [0.15, 0.2) is 24.3 Å². The molecule has 0 aliphatic carbocycles. The summed E-state index contributed by atoms with van der Waals surface area (Å²) in [6, 6.07) is 8.77. The Labute approximate surface area is 110 Å². The summed E-state index contributed by atoms with van der Waals surface area (Å²) in [7, 11) is 1.79. The lowest BCUT2D eigenvalue weighted by Crippen LogP contribution is -2.37. The van der Waals surface area contributed by atoms with Crippen LogP contribution >= 0.6 is 0 Å². The van der Waals surface area contributed by atoms with Crippen LogP contribution in [0, 0.1) is 5.92 Å². The van der Waals surface area contributed by atoms with E-state index in [1.165, 1.54) is 24.1 Å². The lowest BCUT2D eigenvalue weighted by atomic mass is 9.98. The second kappa shape index (κ2) is 6.21. The summed E-state index contributed by atoms with van der Waals surface area (Å²) in [5.41, 5.74) is 8.38. The molecule has 0 aromatic heterocycles. The number of piperidine rings is 1. The minimum atomic E-state index is 0.113. The van der Waals surface area contributed by atoms with Gasteiger partial charge in [-0.25, -0.2) is 0 Å². The van der Waals surface area contributed by atoms with Gasteiger partial charge in [0.2, 0.25) is 0 Å². The molecule has 1 unspecified atom stereocenters. The molecule has 1 aromatic carbocycles. The van der Waals surface area contributed by atoms with Crippen molar-refractivity contribution < 1.29 is 4.74 Å². The van der Waals surface area contributed by atoms with E-state index in [1.807, 2.05) is 6.92 Å². The molecule has 18 heavy (non-hydrogen) atoms. The quantitative estimate of drug-likeness (QED) is 0.890. The molecule has 1 aliphatic rings. The molecule has 1 heterocycles. The molecule has 1 aromatic rings. The topological polar surface area (TPSA) is 38.5 Å². The molecule has 2 atom stereocenters. The van der Waals surface area contributed by atoms with Gasteiger partial charge in [0.25, 0.3) is 0 Å². The number of ether oxygens (including phenoxy) is 1. The predicted molar refractivity (Wildman–Crippen MR) is 75.9 cm³/mol. The highest BCUT2D eigenvalue weighted by Gasteiger charge is 2.19. The minimum Gasteiger partial charge on any atom is -0.384 e. The van der Waals surface area contributed by atoms with Crippen molar-refractivity contribution in [2.75, 3.05) is 31.7 Å². The first-order valence-electron chi connectivity index (χ1n) is 6.80. The molecule has 1 aliphatic heterocycles. The molecule has 0 saturated carbocycles. The van der Waals surface area contributed by atoms with Crippen molar-refractivity contribution in [2.45, 2.75) is 25.8 Å². The molecule has 3 nitrogen and oxygen atoms in total. The summed E-state index contributed by atoms with van der Waals surface area (Å²) in [6.45, 7) is 5.14. The van der Waals surface area contributed by atoms with Crippen molar-refractivity contribution >= 4 is 5.69 Å². The SMILES string of the molecule is COCC1CCCN(c2ccc([C@H](C)N)cc2)C1. The molecule has 0 amide bonds. The smallest absolute Gasteiger partial charge is 0.0507 e. The highest BCUT2D eigenvalue weighted by molar-refractivity contribution is 5.48. The maximum Gasteiger partial charge on any atom is 0.0507 e. The third kappa shape index (κ3) is 3.24. The molecule has 0 bridgehead atoms. The van der Waals surface area contributed by atoms with Crippen molar-refractivity contribution in [3.63, 3.8) is 0 Å². The van der Waals surface area contributed by atoms with Gasteiger partial charge in [0, 0.05) is 31.9 Å². The standard InChI is InChI=1S/C15H24N2O/c1-12(16)14-5-7-15(8-6-14)17-9-3-4-13(10-17)11-18-2/h5-8,12-13H,3-4,9-11,16H2,1-2H3/t12-,13?/m0/s1. The molecular formula is C15H24N2O. The highest BCUT2D eigenvalue weighted by atomic mass is 16.5. The zero-order valence-electron chi connectivity index (χ0n) is 11.4. The van der Waals surface area contributed by atoms with E-state index in [9.17, 15) is 0 Å². The number of rotatable bonds is 4. The van der Waals surface area contributed by atoms with E-state index in [2.05, 4.69) is 29.2 Å². The summed E-state index contributed by atoms with van der Waals surface area (Å²) in [5.74, 6) is 0.664. The van der Waals surface area contributed by atoms with Crippen LogP contribution in [0.3, 0.4) is 0 Å². The number of hydrogen-bond acceptors (Lipinski definition) is 3.